The molecule has 3 nitrogen and oxygen atoms in total. The van der Waals surface area contributed by atoms with Crippen LogP contribution in [0.5, 0.6) is 0 Å². The van der Waals surface area contributed by atoms with E-state index in [1.165, 1.54) is 0 Å². The van der Waals surface area contributed by atoms with Crippen LogP contribution in [0.25, 0.3) is 0 Å². The number of nitrogens with zero attached hydrogens (tertiary/aromatic N) is 1. The smallest absolute Gasteiger partial charge is 0.123 e. The van der Waals surface area contributed by atoms with Crippen molar-refractivity contribution in [1.29, 1.82) is 0 Å². The molecule has 0 saturated heterocycles. The van der Waals surface area contributed by atoms with E-state index in [1.807, 2.05) is 36.4 Å². The average molecular weight is 234 g/mol. The maximum absolute atomic E-state index is 6.02. The Labute approximate surface area is 99.3 Å². The fraction of sp³-hybridized carbons (Fsp3) is 0.0833. The predicted octanol–water partition coefficient (Wildman–Crippen LogP) is 2.93. The standard InChI is InChI=1S/C12H12ClN3/c13-10-3-1-2-4-11(10)16-8-9-5-6-15-12(14)7-9/h1-7,16H,8H2,(H2,14,15). The van der Waals surface area contributed by atoms with Crippen LogP contribution >= 0.6 is 11.6 Å². The summed E-state index contributed by atoms with van der Waals surface area (Å²) in [5.74, 6) is 0.526. The van der Waals surface area contributed by atoms with Crippen LogP contribution in [-0.4, -0.2) is 4.98 Å². The van der Waals surface area contributed by atoms with Gasteiger partial charge in [0.15, 0.2) is 0 Å². The Morgan fingerprint density at radius 2 is 2.06 bits per heavy atom. The molecule has 0 amide bonds. The van der Waals surface area contributed by atoms with Crippen molar-refractivity contribution in [3.05, 3.63) is 53.2 Å². The van der Waals surface area contributed by atoms with Gasteiger partial charge in [0.1, 0.15) is 5.82 Å². The molecule has 3 N–H and O–H groups in total. The lowest BCUT2D eigenvalue weighted by atomic mass is 10.2. The molecule has 1 heterocycles. The second-order valence-corrected chi connectivity index (χ2v) is 3.83. The maximum atomic E-state index is 6.02. The summed E-state index contributed by atoms with van der Waals surface area (Å²) < 4.78 is 0. The van der Waals surface area contributed by atoms with Crippen molar-refractivity contribution in [3.8, 4) is 0 Å². The number of nitrogens with two attached hydrogens (primary N) is 1. The van der Waals surface area contributed by atoms with Gasteiger partial charge in [-0.2, -0.15) is 0 Å². The van der Waals surface area contributed by atoms with Crippen LogP contribution in [0.3, 0.4) is 0 Å². The van der Waals surface area contributed by atoms with Gasteiger partial charge in [0.2, 0.25) is 0 Å². The maximum Gasteiger partial charge on any atom is 0.123 e. The molecule has 82 valence electrons. The van der Waals surface area contributed by atoms with E-state index in [2.05, 4.69) is 10.3 Å². The minimum atomic E-state index is 0.526. The molecule has 0 aliphatic heterocycles. The van der Waals surface area contributed by atoms with Gasteiger partial charge in [-0.15, -0.1) is 0 Å². The Bertz CT molecular complexity index is 485. The summed E-state index contributed by atoms with van der Waals surface area (Å²) in [5.41, 5.74) is 7.59. The molecular formula is C12H12ClN3. The first-order valence-electron chi connectivity index (χ1n) is 4.94. The highest BCUT2D eigenvalue weighted by atomic mass is 35.5. The molecule has 16 heavy (non-hydrogen) atoms. The van der Waals surface area contributed by atoms with Gasteiger partial charge in [-0.1, -0.05) is 23.7 Å². The number of rotatable bonds is 3. The van der Waals surface area contributed by atoms with Crippen molar-refractivity contribution < 1.29 is 0 Å². The van der Waals surface area contributed by atoms with Gasteiger partial charge in [0, 0.05) is 12.7 Å². The molecule has 2 aromatic rings. The first-order chi connectivity index (χ1) is 7.75. The number of nitrogen functional groups attached to an aromatic ring is 1. The molecule has 0 fully saturated rings. The summed E-state index contributed by atoms with van der Waals surface area (Å²) in [6, 6.07) is 11.4. The highest BCUT2D eigenvalue weighted by Gasteiger charge is 1.98. The van der Waals surface area contributed by atoms with E-state index in [0.717, 1.165) is 11.3 Å². The zero-order valence-corrected chi connectivity index (χ0v) is 9.41. The first-order valence-corrected chi connectivity index (χ1v) is 5.32. The van der Waals surface area contributed by atoms with Gasteiger partial charge in [-0.05, 0) is 29.8 Å². The van der Waals surface area contributed by atoms with E-state index in [4.69, 9.17) is 17.3 Å². The Morgan fingerprint density at radius 3 is 2.81 bits per heavy atom. The topological polar surface area (TPSA) is 50.9 Å². The van der Waals surface area contributed by atoms with Crippen molar-refractivity contribution in [1.82, 2.24) is 4.98 Å². The lowest BCUT2D eigenvalue weighted by Crippen LogP contribution is -2.01. The van der Waals surface area contributed by atoms with Crippen LogP contribution < -0.4 is 11.1 Å². The number of aromatic nitrogens is 1. The monoisotopic (exact) mass is 233 g/mol. The van der Waals surface area contributed by atoms with Crippen molar-refractivity contribution in [2.75, 3.05) is 11.1 Å². The lowest BCUT2D eigenvalue weighted by molar-refractivity contribution is 1.13. The van der Waals surface area contributed by atoms with E-state index < -0.39 is 0 Å². The number of nitrogens with one attached hydrogen (secondary N) is 1. The molecule has 0 radical (unpaired) electrons. The van der Waals surface area contributed by atoms with Crippen molar-refractivity contribution >= 4 is 23.1 Å². The van der Waals surface area contributed by atoms with Gasteiger partial charge in [0.25, 0.3) is 0 Å². The molecule has 1 aromatic carbocycles. The third-order valence-electron chi connectivity index (χ3n) is 2.20. The SMILES string of the molecule is Nc1cc(CNc2ccccc2Cl)ccn1. The first kappa shape index (κ1) is 10.8. The third kappa shape index (κ3) is 2.64. The van der Waals surface area contributed by atoms with Gasteiger partial charge in [0.05, 0.1) is 10.7 Å². The molecule has 0 saturated carbocycles. The molecule has 4 heteroatoms. The number of anilines is 2. The number of halogens is 1. The molecular weight excluding hydrogens is 222 g/mol. The molecule has 0 unspecified atom stereocenters. The van der Waals surface area contributed by atoms with Crippen molar-refractivity contribution in [2.24, 2.45) is 0 Å². The number of hydrogen-bond acceptors (Lipinski definition) is 3. The quantitative estimate of drug-likeness (QED) is 0.857. The number of benzene rings is 1. The van der Waals surface area contributed by atoms with Crippen LogP contribution in [-0.2, 0) is 6.54 Å². The highest BCUT2D eigenvalue weighted by molar-refractivity contribution is 6.33. The Hall–Kier alpha value is -1.74. The molecule has 0 bridgehead atoms. The Kier molecular flexibility index (Phi) is 3.27. The third-order valence-corrected chi connectivity index (χ3v) is 2.53. The number of hydrogen-bond donors (Lipinski definition) is 2. The highest BCUT2D eigenvalue weighted by Crippen LogP contribution is 2.21. The van der Waals surface area contributed by atoms with E-state index in [-0.39, 0.29) is 0 Å². The summed E-state index contributed by atoms with van der Waals surface area (Å²) in [6.45, 7) is 0.677. The van der Waals surface area contributed by atoms with Crippen molar-refractivity contribution in [2.45, 2.75) is 6.54 Å². The van der Waals surface area contributed by atoms with E-state index >= 15 is 0 Å². The fourth-order valence-corrected chi connectivity index (χ4v) is 1.61. The Morgan fingerprint density at radius 1 is 1.25 bits per heavy atom. The summed E-state index contributed by atoms with van der Waals surface area (Å²) in [4.78, 5) is 3.94. The number of pyridine rings is 1. The average Bonchev–Trinajstić information content (AvgIpc) is 2.28. The minimum Gasteiger partial charge on any atom is -0.384 e. The predicted molar refractivity (Wildman–Crippen MR) is 67.4 cm³/mol. The van der Waals surface area contributed by atoms with Gasteiger partial charge >= 0.3 is 0 Å². The summed E-state index contributed by atoms with van der Waals surface area (Å²) in [6.07, 6.45) is 1.69. The van der Waals surface area contributed by atoms with E-state index in [0.29, 0.717) is 17.4 Å². The second kappa shape index (κ2) is 4.86. The normalized spacial score (nSPS) is 10.1. The van der Waals surface area contributed by atoms with Crippen LogP contribution in [0, 0.1) is 0 Å². The molecule has 0 atom stereocenters. The zero-order chi connectivity index (χ0) is 11.4. The second-order valence-electron chi connectivity index (χ2n) is 3.42. The van der Waals surface area contributed by atoms with Crippen LogP contribution in [0.2, 0.25) is 5.02 Å². The molecule has 0 spiro atoms. The van der Waals surface area contributed by atoms with Crippen molar-refractivity contribution in [3.63, 3.8) is 0 Å². The largest absolute Gasteiger partial charge is 0.384 e. The molecule has 2 rings (SSSR count). The van der Waals surface area contributed by atoms with Gasteiger partial charge < -0.3 is 11.1 Å². The number of para-hydroxylation sites is 1. The molecule has 0 aliphatic rings. The van der Waals surface area contributed by atoms with E-state index in [1.54, 1.807) is 6.20 Å². The fourth-order valence-electron chi connectivity index (χ4n) is 1.41. The van der Waals surface area contributed by atoms with Crippen LogP contribution in [0.4, 0.5) is 11.5 Å². The van der Waals surface area contributed by atoms with E-state index in [9.17, 15) is 0 Å². The summed E-state index contributed by atoms with van der Waals surface area (Å²) >= 11 is 6.02. The van der Waals surface area contributed by atoms with Gasteiger partial charge in [-0.3, -0.25) is 0 Å². The summed E-state index contributed by atoms with van der Waals surface area (Å²) in [7, 11) is 0. The molecule has 0 aliphatic carbocycles. The zero-order valence-electron chi connectivity index (χ0n) is 8.65. The Balaban J connectivity index is 2.05. The van der Waals surface area contributed by atoms with Crippen LogP contribution in [0.15, 0.2) is 42.6 Å². The van der Waals surface area contributed by atoms with Gasteiger partial charge in [-0.25, -0.2) is 4.98 Å². The summed E-state index contributed by atoms with van der Waals surface area (Å²) in [5, 5.41) is 3.95. The molecule has 1 aromatic heterocycles. The lowest BCUT2D eigenvalue weighted by Gasteiger charge is -2.08. The van der Waals surface area contributed by atoms with Crippen LogP contribution in [0.1, 0.15) is 5.56 Å². The minimum absolute atomic E-state index is 0.526.